The van der Waals surface area contributed by atoms with Gasteiger partial charge in [-0.25, -0.2) is 0 Å². The van der Waals surface area contributed by atoms with Crippen molar-refractivity contribution in [3.63, 3.8) is 0 Å². The Balaban J connectivity index is 4.17. The Labute approximate surface area is 122 Å². The molecule has 2 N–H and O–H groups in total. The van der Waals surface area contributed by atoms with Crippen LogP contribution >= 0.6 is 0 Å². The lowest BCUT2D eigenvalue weighted by molar-refractivity contribution is 0.210. The Morgan fingerprint density at radius 3 is 1.47 bits per heavy atom. The molecule has 19 heavy (non-hydrogen) atoms. The number of hydrogen-bond donors (Lipinski definition) is 1. The molecule has 0 aliphatic rings. The molecule has 0 fully saturated rings. The van der Waals surface area contributed by atoms with Crippen LogP contribution in [0.1, 0.15) is 67.7 Å². The molecule has 0 saturated heterocycles. The normalized spacial score (nSPS) is 14.7. The van der Waals surface area contributed by atoms with E-state index in [2.05, 4.69) is 53.4 Å². The van der Waals surface area contributed by atoms with Crippen molar-refractivity contribution < 1.29 is 0 Å². The second kappa shape index (κ2) is 8.97. The first-order valence-electron chi connectivity index (χ1n) is 8.10. The van der Waals surface area contributed by atoms with E-state index < -0.39 is 0 Å². The topological polar surface area (TPSA) is 29.3 Å². The summed E-state index contributed by atoms with van der Waals surface area (Å²) in [5.74, 6) is 1.58. The first kappa shape index (κ1) is 18.9. The molecule has 116 valence electrons. The molecule has 0 aliphatic carbocycles. The highest BCUT2D eigenvalue weighted by molar-refractivity contribution is 4.78. The average Bonchev–Trinajstić information content (AvgIpc) is 2.25. The van der Waals surface area contributed by atoms with Crippen LogP contribution in [0.5, 0.6) is 0 Å². The molecule has 0 aromatic heterocycles. The Morgan fingerprint density at radius 1 is 0.789 bits per heavy atom. The molecular formula is C17H38N2. The van der Waals surface area contributed by atoms with Crippen LogP contribution in [0.3, 0.4) is 0 Å². The Morgan fingerprint density at radius 2 is 1.16 bits per heavy atom. The average molecular weight is 271 g/mol. The van der Waals surface area contributed by atoms with Crippen molar-refractivity contribution in [2.45, 2.75) is 73.8 Å². The highest BCUT2D eigenvalue weighted by atomic mass is 15.1. The zero-order valence-electron chi connectivity index (χ0n) is 14.5. The van der Waals surface area contributed by atoms with E-state index in [4.69, 9.17) is 5.73 Å². The molecule has 2 heteroatoms. The zero-order chi connectivity index (χ0) is 15.1. The van der Waals surface area contributed by atoms with E-state index >= 15 is 0 Å². The quantitative estimate of drug-likeness (QED) is 0.682. The molecular weight excluding hydrogens is 232 g/mol. The van der Waals surface area contributed by atoms with Crippen LogP contribution in [0.25, 0.3) is 0 Å². The predicted octanol–water partition coefficient (Wildman–Crippen LogP) is 4.14. The first-order chi connectivity index (χ1) is 8.62. The summed E-state index contributed by atoms with van der Waals surface area (Å²) in [6, 6.07) is 0.299. The minimum atomic E-state index is 0.224. The number of nitrogens with two attached hydrogens (primary N) is 1. The second-order valence-corrected chi connectivity index (χ2v) is 7.97. The van der Waals surface area contributed by atoms with Gasteiger partial charge in [-0.05, 0) is 56.1 Å². The third-order valence-electron chi connectivity index (χ3n) is 3.91. The van der Waals surface area contributed by atoms with Crippen molar-refractivity contribution in [2.75, 3.05) is 19.6 Å². The fourth-order valence-electron chi connectivity index (χ4n) is 1.97. The SMILES string of the molecule is CC(C)CCN(CCC(C)C)CCC(N)C(C)(C)C. The van der Waals surface area contributed by atoms with Gasteiger partial charge in [-0.1, -0.05) is 48.5 Å². The molecule has 0 aliphatic heterocycles. The third kappa shape index (κ3) is 10.4. The smallest absolute Gasteiger partial charge is 0.00998 e. The largest absolute Gasteiger partial charge is 0.327 e. The van der Waals surface area contributed by atoms with Gasteiger partial charge in [0.1, 0.15) is 0 Å². The highest BCUT2D eigenvalue weighted by Gasteiger charge is 2.21. The second-order valence-electron chi connectivity index (χ2n) is 7.97. The first-order valence-corrected chi connectivity index (χ1v) is 8.10. The molecule has 0 spiro atoms. The molecule has 0 bridgehead atoms. The minimum absolute atomic E-state index is 0.224. The molecule has 0 amide bonds. The van der Waals surface area contributed by atoms with Gasteiger partial charge in [0.05, 0.1) is 0 Å². The van der Waals surface area contributed by atoms with E-state index in [0.29, 0.717) is 6.04 Å². The fourth-order valence-corrected chi connectivity index (χ4v) is 1.97. The Hall–Kier alpha value is -0.0800. The molecule has 1 atom stereocenters. The van der Waals surface area contributed by atoms with E-state index in [0.717, 1.165) is 24.8 Å². The van der Waals surface area contributed by atoms with Crippen LogP contribution < -0.4 is 5.73 Å². The van der Waals surface area contributed by atoms with Crippen molar-refractivity contribution in [3.8, 4) is 0 Å². The van der Waals surface area contributed by atoms with Crippen LogP contribution in [-0.2, 0) is 0 Å². The zero-order valence-corrected chi connectivity index (χ0v) is 14.5. The molecule has 0 rings (SSSR count). The molecule has 2 nitrogen and oxygen atoms in total. The summed E-state index contributed by atoms with van der Waals surface area (Å²) in [5, 5.41) is 0. The van der Waals surface area contributed by atoms with E-state index in [1.165, 1.54) is 25.9 Å². The summed E-state index contributed by atoms with van der Waals surface area (Å²) in [7, 11) is 0. The van der Waals surface area contributed by atoms with E-state index in [-0.39, 0.29) is 5.41 Å². The van der Waals surface area contributed by atoms with Crippen LogP contribution in [0, 0.1) is 17.3 Å². The van der Waals surface area contributed by atoms with Crippen molar-refractivity contribution in [3.05, 3.63) is 0 Å². The van der Waals surface area contributed by atoms with Crippen molar-refractivity contribution in [1.82, 2.24) is 4.90 Å². The number of rotatable bonds is 9. The van der Waals surface area contributed by atoms with E-state index in [1.807, 2.05) is 0 Å². The fraction of sp³-hybridized carbons (Fsp3) is 1.00. The van der Waals surface area contributed by atoms with Crippen LogP contribution in [0.2, 0.25) is 0 Å². The summed E-state index contributed by atoms with van der Waals surface area (Å²) in [6.07, 6.45) is 3.70. The van der Waals surface area contributed by atoms with E-state index in [9.17, 15) is 0 Å². The van der Waals surface area contributed by atoms with Gasteiger partial charge in [0.25, 0.3) is 0 Å². The van der Waals surface area contributed by atoms with Gasteiger partial charge in [-0.2, -0.15) is 0 Å². The van der Waals surface area contributed by atoms with Crippen molar-refractivity contribution in [1.29, 1.82) is 0 Å². The maximum absolute atomic E-state index is 6.28. The Kier molecular flexibility index (Phi) is 8.93. The lowest BCUT2D eigenvalue weighted by atomic mass is 9.85. The third-order valence-corrected chi connectivity index (χ3v) is 3.91. The maximum Gasteiger partial charge on any atom is 0.00998 e. The lowest BCUT2D eigenvalue weighted by Crippen LogP contribution is -2.39. The molecule has 1 unspecified atom stereocenters. The molecule has 0 heterocycles. The summed E-state index contributed by atoms with van der Waals surface area (Å²) in [6.45, 7) is 19.5. The van der Waals surface area contributed by atoms with Gasteiger partial charge in [0.2, 0.25) is 0 Å². The van der Waals surface area contributed by atoms with Gasteiger partial charge in [-0.15, -0.1) is 0 Å². The summed E-state index contributed by atoms with van der Waals surface area (Å²) in [5.41, 5.74) is 6.51. The Bertz CT molecular complexity index is 204. The highest BCUT2D eigenvalue weighted by Crippen LogP contribution is 2.20. The predicted molar refractivity (Wildman–Crippen MR) is 87.4 cm³/mol. The van der Waals surface area contributed by atoms with Crippen LogP contribution in [-0.4, -0.2) is 30.6 Å². The van der Waals surface area contributed by atoms with Crippen LogP contribution in [0.4, 0.5) is 0 Å². The maximum atomic E-state index is 6.28. The number of nitrogens with zero attached hydrogens (tertiary/aromatic N) is 1. The lowest BCUT2D eigenvalue weighted by Gasteiger charge is -2.30. The molecule has 0 aromatic rings. The molecule has 0 aromatic carbocycles. The minimum Gasteiger partial charge on any atom is -0.327 e. The van der Waals surface area contributed by atoms with Gasteiger partial charge < -0.3 is 10.6 Å². The van der Waals surface area contributed by atoms with Gasteiger partial charge in [0.15, 0.2) is 0 Å². The molecule has 0 radical (unpaired) electrons. The number of hydrogen-bond acceptors (Lipinski definition) is 2. The monoisotopic (exact) mass is 270 g/mol. The van der Waals surface area contributed by atoms with Gasteiger partial charge in [0, 0.05) is 6.04 Å². The van der Waals surface area contributed by atoms with Gasteiger partial charge >= 0.3 is 0 Å². The van der Waals surface area contributed by atoms with Crippen molar-refractivity contribution >= 4 is 0 Å². The summed E-state index contributed by atoms with van der Waals surface area (Å²) in [4.78, 5) is 2.62. The summed E-state index contributed by atoms with van der Waals surface area (Å²) < 4.78 is 0. The molecule has 0 saturated carbocycles. The van der Waals surface area contributed by atoms with Gasteiger partial charge in [-0.3, -0.25) is 0 Å². The standard InChI is InChI=1S/C17H38N2/c1-14(2)8-11-19(12-9-15(3)4)13-10-16(18)17(5,6)7/h14-16H,8-13,18H2,1-7H3. The van der Waals surface area contributed by atoms with Crippen LogP contribution in [0.15, 0.2) is 0 Å². The summed E-state index contributed by atoms with van der Waals surface area (Å²) >= 11 is 0. The van der Waals surface area contributed by atoms with E-state index in [1.54, 1.807) is 0 Å². The van der Waals surface area contributed by atoms with Crippen molar-refractivity contribution in [2.24, 2.45) is 23.0 Å².